The Hall–Kier alpha value is -1.53. The summed E-state index contributed by atoms with van der Waals surface area (Å²) in [7, 11) is 2.01. The zero-order valence-electron chi connectivity index (χ0n) is 10.5. The molecule has 0 bridgehead atoms. The first kappa shape index (κ1) is 11.9. The van der Waals surface area contributed by atoms with E-state index in [4.69, 9.17) is 5.26 Å². The first-order valence-electron chi connectivity index (χ1n) is 6.15. The Morgan fingerprint density at radius 3 is 3.00 bits per heavy atom. The van der Waals surface area contributed by atoms with Crippen molar-refractivity contribution >= 4 is 5.69 Å². The maximum absolute atomic E-state index is 8.91. The first-order valence-corrected chi connectivity index (χ1v) is 6.15. The van der Waals surface area contributed by atoms with Crippen LogP contribution in [0.1, 0.15) is 17.5 Å². The van der Waals surface area contributed by atoms with Crippen molar-refractivity contribution in [2.45, 2.75) is 13.3 Å². The predicted octanol–water partition coefficient (Wildman–Crippen LogP) is 1.91. The Labute approximate surface area is 103 Å². The van der Waals surface area contributed by atoms with Gasteiger partial charge in [-0.2, -0.15) is 5.26 Å². The van der Waals surface area contributed by atoms with Gasteiger partial charge >= 0.3 is 0 Å². The van der Waals surface area contributed by atoms with Crippen LogP contribution in [-0.2, 0) is 0 Å². The zero-order chi connectivity index (χ0) is 12.3. The molecule has 1 unspecified atom stereocenters. The highest BCUT2D eigenvalue weighted by Gasteiger charge is 2.22. The number of aryl methyl sites for hydroxylation is 1. The molecule has 1 atom stereocenters. The second kappa shape index (κ2) is 5.20. The smallest absolute Gasteiger partial charge is 0.0994 e. The van der Waals surface area contributed by atoms with Crippen LogP contribution in [-0.4, -0.2) is 26.7 Å². The molecule has 3 heteroatoms. The highest BCUT2D eigenvalue weighted by molar-refractivity contribution is 5.54. The average Bonchev–Trinajstić information content (AvgIpc) is 2.78. The predicted molar refractivity (Wildman–Crippen MR) is 70.1 cm³/mol. The molecule has 3 nitrogen and oxygen atoms in total. The van der Waals surface area contributed by atoms with Crippen molar-refractivity contribution in [2.24, 2.45) is 5.92 Å². The Balaban J connectivity index is 2.09. The van der Waals surface area contributed by atoms with E-state index >= 15 is 0 Å². The molecule has 0 saturated carbocycles. The van der Waals surface area contributed by atoms with Crippen LogP contribution < -0.4 is 10.2 Å². The number of benzene rings is 1. The van der Waals surface area contributed by atoms with Gasteiger partial charge in [0.25, 0.3) is 0 Å². The summed E-state index contributed by atoms with van der Waals surface area (Å²) in [5.74, 6) is 0.746. The van der Waals surface area contributed by atoms with Crippen LogP contribution in [0.4, 0.5) is 5.69 Å². The lowest BCUT2D eigenvalue weighted by Crippen LogP contribution is -2.24. The third-order valence-electron chi connectivity index (χ3n) is 3.47. The molecule has 90 valence electrons. The van der Waals surface area contributed by atoms with E-state index in [9.17, 15) is 0 Å². The van der Waals surface area contributed by atoms with E-state index in [1.165, 1.54) is 12.1 Å². The fourth-order valence-electron chi connectivity index (χ4n) is 2.49. The van der Waals surface area contributed by atoms with Crippen LogP contribution in [0.5, 0.6) is 0 Å². The van der Waals surface area contributed by atoms with Gasteiger partial charge in [0, 0.05) is 18.8 Å². The lowest BCUT2D eigenvalue weighted by atomic mass is 10.1. The summed E-state index contributed by atoms with van der Waals surface area (Å²) in [4.78, 5) is 2.41. The van der Waals surface area contributed by atoms with Gasteiger partial charge in [0.1, 0.15) is 0 Å². The second-order valence-electron chi connectivity index (χ2n) is 4.77. The molecule has 1 N–H and O–H groups in total. The maximum Gasteiger partial charge on any atom is 0.0994 e. The topological polar surface area (TPSA) is 39.1 Å². The van der Waals surface area contributed by atoms with Gasteiger partial charge in [0.05, 0.1) is 11.6 Å². The molecule has 2 rings (SSSR count). The van der Waals surface area contributed by atoms with Gasteiger partial charge < -0.3 is 10.2 Å². The number of nitriles is 1. The van der Waals surface area contributed by atoms with Crippen LogP contribution in [0, 0.1) is 24.2 Å². The number of rotatable bonds is 3. The summed E-state index contributed by atoms with van der Waals surface area (Å²) < 4.78 is 0. The number of nitrogens with zero attached hydrogens (tertiary/aromatic N) is 2. The van der Waals surface area contributed by atoms with Crippen molar-refractivity contribution in [1.29, 1.82) is 5.26 Å². The second-order valence-corrected chi connectivity index (χ2v) is 4.77. The molecule has 1 aromatic rings. The fraction of sp³-hybridized carbons (Fsp3) is 0.500. The molecule has 1 aliphatic heterocycles. The van der Waals surface area contributed by atoms with E-state index in [0.717, 1.165) is 36.7 Å². The average molecular weight is 229 g/mol. The molecule has 1 saturated heterocycles. The zero-order valence-corrected chi connectivity index (χ0v) is 10.5. The van der Waals surface area contributed by atoms with Crippen molar-refractivity contribution in [3.8, 4) is 6.07 Å². The molecule has 1 aliphatic rings. The van der Waals surface area contributed by atoms with E-state index < -0.39 is 0 Å². The van der Waals surface area contributed by atoms with Gasteiger partial charge in [-0.05, 0) is 56.6 Å². The molecule has 1 fully saturated rings. The Bertz CT molecular complexity index is 434. The summed E-state index contributed by atoms with van der Waals surface area (Å²) in [5, 5.41) is 12.2. The summed E-state index contributed by atoms with van der Waals surface area (Å²) in [6.45, 7) is 5.33. The van der Waals surface area contributed by atoms with E-state index in [-0.39, 0.29) is 0 Å². The van der Waals surface area contributed by atoms with Gasteiger partial charge in [-0.25, -0.2) is 0 Å². The monoisotopic (exact) mass is 229 g/mol. The van der Waals surface area contributed by atoms with Crippen molar-refractivity contribution in [2.75, 3.05) is 31.6 Å². The van der Waals surface area contributed by atoms with E-state index in [2.05, 4.69) is 28.4 Å². The largest absolute Gasteiger partial charge is 0.371 e. The molecule has 0 amide bonds. The quantitative estimate of drug-likeness (QED) is 0.860. The summed E-state index contributed by atoms with van der Waals surface area (Å²) in [6, 6.07) is 8.33. The Kier molecular flexibility index (Phi) is 3.65. The van der Waals surface area contributed by atoms with Gasteiger partial charge in [0.15, 0.2) is 0 Å². The highest BCUT2D eigenvalue weighted by Crippen LogP contribution is 2.25. The normalized spacial score (nSPS) is 19.4. The summed E-state index contributed by atoms with van der Waals surface area (Å²) in [6.07, 6.45) is 1.25. The van der Waals surface area contributed by atoms with Crippen LogP contribution >= 0.6 is 0 Å². The lowest BCUT2D eigenvalue weighted by molar-refractivity contribution is 0.549. The molecule has 0 aromatic heterocycles. The first-order chi connectivity index (χ1) is 8.24. The molecule has 1 aromatic carbocycles. The minimum absolute atomic E-state index is 0.746. The minimum atomic E-state index is 0.746. The number of hydrogen-bond donors (Lipinski definition) is 1. The van der Waals surface area contributed by atoms with Gasteiger partial charge in [-0.15, -0.1) is 0 Å². The Morgan fingerprint density at radius 2 is 2.35 bits per heavy atom. The standard InChI is InChI=1S/C14H19N3/c1-11-7-14(4-3-13(11)8-15)17-6-5-12(10-17)9-16-2/h3-4,7,12,16H,5-6,9-10H2,1-2H3. The summed E-state index contributed by atoms with van der Waals surface area (Å²) in [5.41, 5.74) is 3.10. The molecular formula is C14H19N3. The minimum Gasteiger partial charge on any atom is -0.371 e. The van der Waals surface area contributed by atoms with Crippen molar-refractivity contribution in [3.63, 3.8) is 0 Å². The fourth-order valence-corrected chi connectivity index (χ4v) is 2.49. The molecule has 1 heterocycles. The third kappa shape index (κ3) is 2.59. The lowest BCUT2D eigenvalue weighted by Gasteiger charge is -2.19. The number of nitrogens with one attached hydrogen (secondary N) is 1. The number of hydrogen-bond acceptors (Lipinski definition) is 3. The van der Waals surface area contributed by atoms with E-state index in [1.807, 2.05) is 20.0 Å². The van der Waals surface area contributed by atoms with E-state index in [0.29, 0.717) is 0 Å². The number of anilines is 1. The van der Waals surface area contributed by atoms with Gasteiger partial charge in [0.2, 0.25) is 0 Å². The summed E-state index contributed by atoms with van der Waals surface area (Å²) >= 11 is 0. The molecule has 0 aliphatic carbocycles. The van der Waals surface area contributed by atoms with Crippen molar-refractivity contribution < 1.29 is 0 Å². The van der Waals surface area contributed by atoms with Crippen molar-refractivity contribution in [3.05, 3.63) is 29.3 Å². The maximum atomic E-state index is 8.91. The highest BCUT2D eigenvalue weighted by atomic mass is 15.2. The van der Waals surface area contributed by atoms with E-state index in [1.54, 1.807) is 0 Å². The third-order valence-corrected chi connectivity index (χ3v) is 3.47. The SMILES string of the molecule is CNCC1CCN(c2ccc(C#N)c(C)c2)C1. The van der Waals surface area contributed by atoms with Crippen LogP contribution in [0.15, 0.2) is 18.2 Å². The van der Waals surface area contributed by atoms with Crippen molar-refractivity contribution in [1.82, 2.24) is 5.32 Å². The molecular weight excluding hydrogens is 210 g/mol. The van der Waals surface area contributed by atoms with Gasteiger partial charge in [-0.1, -0.05) is 0 Å². The molecule has 0 spiro atoms. The molecule has 17 heavy (non-hydrogen) atoms. The Morgan fingerprint density at radius 1 is 1.53 bits per heavy atom. The van der Waals surface area contributed by atoms with Crippen LogP contribution in [0.3, 0.4) is 0 Å². The molecule has 0 radical (unpaired) electrons. The van der Waals surface area contributed by atoms with Crippen LogP contribution in [0.25, 0.3) is 0 Å². The van der Waals surface area contributed by atoms with Gasteiger partial charge in [-0.3, -0.25) is 0 Å². The van der Waals surface area contributed by atoms with Crippen LogP contribution in [0.2, 0.25) is 0 Å².